The Hall–Kier alpha value is -0.160. The second-order valence-electron chi connectivity index (χ2n) is 5.97. The van der Waals surface area contributed by atoms with E-state index in [2.05, 4.69) is 22.5 Å². The Bertz CT molecular complexity index is 407. The lowest BCUT2D eigenvalue weighted by Crippen LogP contribution is -2.61. The SMILES string of the molecule is CCc1nc(CN2CCNCC23CCCCC3)cs1.Cl. The van der Waals surface area contributed by atoms with Gasteiger partial charge in [0, 0.05) is 37.1 Å². The van der Waals surface area contributed by atoms with Crippen LogP contribution in [0.15, 0.2) is 5.38 Å². The van der Waals surface area contributed by atoms with Crippen molar-refractivity contribution in [2.24, 2.45) is 0 Å². The molecule has 20 heavy (non-hydrogen) atoms. The van der Waals surface area contributed by atoms with E-state index >= 15 is 0 Å². The van der Waals surface area contributed by atoms with Crippen molar-refractivity contribution in [3.8, 4) is 0 Å². The van der Waals surface area contributed by atoms with Crippen LogP contribution in [0.3, 0.4) is 0 Å². The maximum atomic E-state index is 4.76. The standard InChI is InChI=1S/C15H25N3S.ClH/c1-2-14-17-13(11-19-14)10-18-9-8-16-12-15(18)6-4-3-5-7-15;/h11,16H,2-10,12H2,1H3;1H. The van der Waals surface area contributed by atoms with Crippen molar-refractivity contribution in [2.75, 3.05) is 19.6 Å². The molecule has 0 unspecified atom stereocenters. The maximum absolute atomic E-state index is 4.76. The van der Waals surface area contributed by atoms with E-state index in [4.69, 9.17) is 4.98 Å². The van der Waals surface area contributed by atoms with Crippen molar-refractivity contribution in [3.63, 3.8) is 0 Å². The Labute approximate surface area is 132 Å². The van der Waals surface area contributed by atoms with Crippen LogP contribution in [0.5, 0.6) is 0 Å². The summed E-state index contributed by atoms with van der Waals surface area (Å²) < 4.78 is 0. The Morgan fingerprint density at radius 1 is 1.35 bits per heavy atom. The van der Waals surface area contributed by atoms with Gasteiger partial charge >= 0.3 is 0 Å². The molecule has 2 aliphatic rings. The smallest absolute Gasteiger partial charge is 0.0926 e. The summed E-state index contributed by atoms with van der Waals surface area (Å²) in [5, 5.41) is 7.16. The third-order valence-electron chi connectivity index (χ3n) is 4.72. The number of thiazole rings is 1. The Kier molecular flexibility index (Phi) is 5.84. The number of aryl methyl sites for hydroxylation is 1. The second kappa shape index (κ2) is 7.21. The third kappa shape index (κ3) is 3.35. The van der Waals surface area contributed by atoms with Crippen LogP contribution >= 0.6 is 23.7 Å². The topological polar surface area (TPSA) is 28.2 Å². The average Bonchev–Trinajstić information content (AvgIpc) is 2.90. The number of piperazine rings is 1. The van der Waals surface area contributed by atoms with Gasteiger partial charge in [0.15, 0.2) is 0 Å². The first-order valence-corrected chi connectivity index (χ1v) is 8.59. The van der Waals surface area contributed by atoms with Gasteiger partial charge in [0.05, 0.1) is 10.7 Å². The highest BCUT2D eigenvalue weighted by Crippen LogP contribution is 2.35. The summed E-state index contributed by atoms with van der Waals surface area (Å²) in [5.74, 6) is 0. The fourth-order valence-corrected chi connectivity index (χ4v) is 4.35. The molecule has 3 nitrogen and oxygen atoms in total. The molecule has 1 N–H and O–H groups in total. The first kappa shape index (κ1) is 16.2. The Balaban J connectivity index is 0.00000147. The van der Waals surface area contributed by atoms with Crippen LogP contribution in [0.1, 0.15) is 49.7 Å². The molecule has 0 atom stereocenters. The average molecular weight is 316 g/mol. The fraction of sp³-hybridized carbons (Fsp3) is 0.800. The maximum Gasteiger partial charge on any atom is 0.0926 e. The molecule has 1 saturated carbocycles. The van der Waals surface area contributed by atoms with Crippen LogP contribution < -0.4 is 5.32 Å². The molecule has 114 valence electrons. The number of aromatic nitrogens is 1. The molecule has 2 fully saturated rings. The quantitative estimate of drug-likeness (QED) is 0.928. The van der Waals surface area contributed by atoms with Gasteiger partial charge in [0.1, 0.15) is 0 Å². The van der Waals surface area contributed by atoms with E-state index in [1.54, 1.807) is 0 Å². The highest BCUT2D eigenvalue weighted by atomic mass is 35.5. The normalized spacial score (nSPS) is 22.6. The van der Waals surface area contributed by atoms with Crippen LogP contribution in [0.4, 0.5) is 0 Å². The third-order valence-corrected chi connectivity index (χ3v) is 5.76. The summed E-state index contributed by atoms with van der Waals surface area (Å²) in [5.41, 5.74) is 1.71. The van der Waals surface area contributed by atoms with Gasteiger partial charge in [0.2, 0.25) is 0 Å². The van der Waals surface area contributed by atoms with E-state index in [0.717, 1.165) is 19.5 Å². The number of hydrogen-bond donors (Lipinski definition) is 1. The minimum absolute atomic E-state index is 0. The van der Waals surface area contributed by atoms with E-state index in [9.17, 15) is 0 Å². The molecule has 0 radical (unpaired) electrons. The lowest BCUT2D eigenvalue weighted by molar-refractivity contribution is 0.0200. The highest BCUT2D eigenvalue weighted by Gasteiger charge is 2.39. The molecule has 0 bridgehead atoms. The largest absolute Gasteiger partial charge is 0.314 e. The molecule has 1 aliphatic carbocycles. The van der Waals surface area contributed by atoms with Crippen LogP contribution in [0.25, 0.3) is 0 Å². The van der Waals surface area contributed by atoms with E-state index in [-0.39, 0.29) is 12.4 Å². The van der Waals surface area contributed by atoms with E-state index in [1.807, 2.05) is 11.3 Å². The molecule has 0 aromatic carbocycles. The monoisotopic (exact) mass is 315 g/mol. The van der Waals surface area contributed by atoms with Crippen molar-refractivity contribution in [3.05, 3.63) is 16.1 Å². The molecule has 1 aromatic heterocycles. The zero-order valence-electron chi connectivity index (χ0n) is 12.4. The van der Waals surface area contributed by atoms with Crippen LogP contribution in [0.2, 0.25) is 0 Å². The molecule has 1 aliphatic heterocycles. The van der Waals surface area contributed by atoms with Crippen molar-refractivity contribution < 1.29 is 0 Å². The Morgan fingerprint density at radius 2 is 2.15 bits per heavy atom. The molecule has 1 saturated heterocycles. The van der Waals surface area contributed by atoms with Gasteiger partial charge in [-0.15, -0.1) is 23.7 Å². The number of nitrogens with zero attached hydrogens (tertiary/aromatic N) is 2. The van der Waals surface area contributed by atoms with Crippen LogP contribution in [-0.4, -0.2) is 35.1 Å². The van der Waals surface area contributed by atoms with Gasteiger partial charge in [-0.3, -0.25) is 4.90 Å². The zero-order valence-corrected chi connectivity index (χ0v) is 14.0. The van der Waals surface area contributed by atoms with Crippen LogP contribution in [-0.2, 0) is 13.0 Å². The van der Waals surface area contributed by atoms with Crippen molar-refractivity contribution in [2.45, 2.75) is 57.5 Å². The first-order chi connectivity index (χ1) is 9.32. The van der Waals surface area contributed by atoms with E-state index in [1.165, 1.54) is 55.9 Å². The fourth-order valence-electron chi connectivity index (χ4n) is 3.61. The summed E-state index contributed by atoms with van der Waals surface area (Å²) in [6.07, 6.45) is 8.02. The minimum Gasteiger partial charge on any atom is -0.314 e. The van der Waals surface area contributed by atoms with Crippen molar-refractivity contribution in [1.82, 2.24) is 15.2 Å². The number of rotatable bonds is 3. The highest BCUT2D eigenvalue weighted by molar-refractivity contribution is 7.09. The molecule has 2 heterocycles. The molecule has 1 aromatic rings. The van der Waals surface area contributed by atoms with Crippen molar-refractivity contribution in [1.29, 1.82) is 0 Å². The van der Waals surface area contributed by atoms with Gasteiger partial charge < -0.3 is 5.32 Å². The summed E-state index contributed by atoms with van der Waals surface area (Å²) in [4.78, 5) is 7.48. The molecule has 0 amide bonds. The van der Waals surface area contributed by atoms with E-state index in [0.29, 0.717) is 5.54 Å². The summed E-state index contributed by atoms with van der Waals surface area (Å²) in [6.45, 7) is 6.73. The van der Waals surface area contributed by atoms with E-state index < -0.39 is 0 Å². The number of hydrogen-bond acceptors (Lipinski definition) is 4. The first-order valence-electron chi connectivity index (χ1n) is 7.71. The number of halogens is 1. The summed E-state index contributed by atoms with van der Waals surface area (Å²) >= 11 is 1.82. The predicted molar refractivity (Wildman–Crippen MR) is 87.8 cm³/mol. The van der Waals surface area contributed by atoms with Gasteiger partial charge in [-0.05, 0) is 19.3 Å². The Morgan fingerprint density at radius 3 is 2.85 bits per heavy atom. The lowest BCUT2D eigenvalue weighted by Gasteiger charge is -2.49. The van der Waals surface area contributed by atoms with Crippen molar-refractivity contribution >= 4 is 23.7 Å². The summed E-state index contributed by atoms with van der Waals surface area (Å²) in [7, 11) is 0. The second-order valence-corrected chi connectivity index (χ2v) is 6.91. The van der Waals surface area contributed by atoms with Crippen LogP contribution in [0, 0.1) is 0 Å². The molecular weight excluding hydrogens is 290 g/mol. The van der Waals surface area contributed by atoms with Gasteiger partial charge in [0.25, 0.3) is 0 Å². The predicted octanol–water partition coefficient (Wildman–Crippen LogP) is 3.24. The lowest BCUT2D eigenvalue weighted by atomic mass is 9.79. The van der Waals surface area contributed by atoms with Gasteiger partial charge in [-0.25, -0.2) is 4.98 Å². The minimum atomic E-state index is 0. The number of nitrogens with one attached hydrogen (secondary N) is 1. The summed E-state index contributed by atoms with van der Waals surface area (Å²) in [6, 6.07) is 0. The van der Waals surface area contributed by atoms with Gasteiger partial charge in [-0.2, -0.15) is 0 Å². The van der Waals surface area contributed by atoms with Gasteiger partial charge in [-0.1, -0.05) is 26.2 Å². The molecule has 5 heteroatoms. The molecular formula is C15H26ClN3S. The molecule has 1 spiro atoms. The molecule has 3 rings (SSSR count). The zero-order chi connectivity index (χ0) is 13.1.